The van der Waals surface area contributed by atoms with Gasteiger partial charge >= 0.3 is 5.97 Å². The van der Waals surface area contributed by atoms with Gasteiger partial charge < -0.3 is 10.0 Å². The third-order valence-electron chi connectivity index (χ3n) is 1.81. The highest BCUT2D eigenvalue weighted by molar-refractivity contribution is 5.94. The van der Waals surface area contributed by atoms with Crippen molar-refractivity contribution in [3.8, 4) is 0 Å². The molecule has 1 heterocycles. The quantitative estimate of drug-likeness (QED) is 0.590. The van der Waals surface area contributed by atoms with E-state index in [4.69, 9.17) is 5.11 Å². The Hall–Kier alpha value is -1.06. The van der Waals surface area contributed by atoms with Crippen molar-refractivity contribution in [1.82, 2.24) is 4.90 Å². The standard InChI is InChI=1S/C7H11NO3/c1-2-3-8-5(7(10)11)4-6(8)9/h5H,2-4H2,1H3,(H,10,11)/t5-/m1/s1. The van der Waals surface area contributed by atoms with Crippen LogP contribution in [-0.4, -0.2) is 34.5 Å². The summed E-state index contributed by atoms with van der Waals surface area (Å²) in [5.41, 5.74) is 0. The van der Waals surface area contributed by atoms with Crippen LogP contribution in [0.25, 0.3) is 0 Å². The molecule has 4 heteroatoms. The highest BCUT2D eigenvalue weighted by atomic mass is 16.4. The molecule has 0 radical (unpaired) electrons. The first-order chi connectivity index (χ1) is 5.16. The SMILES string of the molecule is CCCN1C(=O)C[C@@H]1C(=O)O. The summed E-state index contributed by atoms with van der Waals surface area (Å²) in [5.74, 6) is -0.933. The van der Waals surface area contributed by atoms with Gasteiger partial charge in [-0.2, -0.15) is 0 Å². The number of carboxylic acid groups (broad SMARTS) is 1. The molecule has 0 aromatic heterocycles. The van der Waals surface area contributed by atoms with Crippen molar-refractivity contribution in [1.29, 1.82) is 0 Å². The van der Waals surface area contributed by atoms with E-state index in [1.165, 1.54) is 4.90 Å². The van der Waals surface area contributed by atoms with Crippen LogP contribution in [-0.2, 0) is 9.59 Å². The first-order valence-electron chi connectivity index (χ1n) is 3.69. The Morgan fingerprint density at radius 1 is 1.82 bits per heavy atom. The molecule has 11 heavy (non-hydrogen) atoms. The van der Waals surface area contributed by atoms with Crippen molar-refractivity contribution < 1.29 is 14.7 Å². The van der Waals surface area contributed by atoms with Gasteiger partial charge in [0, 0.05) is 6.54 Å². The molecule has 0 spiro atoms. The monoisotopic (exact) mass is 157 g/mol. The van der Waals surface area contributed by atoms with Gasteiger partial charge in [-0.25, -0.2) is 4.79 Å². The molecular weight excluding hydrogens is 146 g/mol. The van der Waals surface area contributed by atoms with Crippen LogP contribution in [0, 0.1) is 0 Å². The lowest BCUT2D eigenvalue weighted by Crippen LogP contribution is -2.56. The van der Waals surface area contributed by atoms with Crippen molar-refractivity contribution in [2.24, 2.45) is 0 Å². The lowest BCUT2D eigenvalue weighted by atomic mass is 10.0. The maximum atomic E-state index is 10.8. The Bertz CT molecular complexity index is 190. The van der Waals surface area contributed by atoms with Gasteiger partial charge in [0.1, 0.15) is 6.04 Å². The zero-order valence-electron chi connectivity index (χ0n) is 6.41. The van der Waals surface area contributed by atoms with Crippen molar-refractivity contribution in [2.45, 2.75) is 25.8 Å². The molecule has 1 aliphatic heterocycles. The summed E-state index contributed by atoms with van der Waals surface area (Å²) in [6, 6.07) is -0.553. The predicted octanol–water partition coefficient (Wildman–Crippen LogP) is 0.0819. The molecule has 0 aromatic carbocycles. The Kier molecular flexibility index (Phi) is 2.12. The number of carboxylic acids is 1. The van der Waals surface area contributed by atoms with Gasteiger partial charge in [0.15, 0.2) is 0 Å². The summed E-state index contributed by atoms with van der Waals surface area (Å²) >= 11 is 0. The molecular formula is C7H11NO3. The summed E-state index contributed by atoms with van der Waals surface area (Å²) in [5, 5.41) is 8.55. The van der Waals surface area contributed by atoms with Crippen LogP contribution in [0.2, 0.25) is 0 Å². The van der Waals surface area contributed by atoms with E-state index < -0.39 is 12.0 Å². The first-order valence-corrected chi connectivity index (χ1v) is 3.69. The number of amides is 1. The minimum Gasteiger partial charge on any atom is -0.480 e. The van der Waals surface area contributed by atoms with Crippen molar-refractivity contribution in [3.63, 3.8) is 0 Å². The second-order valence-corrected chi connectivity index (χ2v) is 2.65. The van der Waals surface area contributed by atoms with Crippen LogP contribution in [0.1, 0.15) is 19.8 Å². The van der Waals surface area contributed by atoms with Crippen molar-refractivity contribution in [3.05, 3.63) is 0 Å². The lowest BCUT2D eigenvalue weighted by Gasteiger charge is -2.37. The average molecular weight is 157 g/mol. The second kappa shape index (κ2) is 2.90. The third kappa shape index (κ3) is 1.34. The molecule has 0 aromatic rings. The van der Waals surface area contributed by atoms with E-state index in [1.54, 1.807) is 0 Å². The Balaban J connectivity index is 2.47. The summed E-state index contributed by atoms with van der Waals surface area (Å²) in [6.45, 7) is 2.49. The molecule has 0 bridgehead atoms. The van der Waals surface area contributed by atoms with E-state index >= 15 is 0 Å². The number of likely N-dealkylation sites (tertiary alicyclic amines) is 1. The van der Waals surface area contributed by atoms with E-state index in [-0.39, 0.29) is 12.3 Å². The molecule has 1 rings (SSSR count). The third-order valence-corrected chi connectivity index (χ3v) is 1.81. The number of β-lactam (4-membered cyclic amide) rings is 1. The summed E-state index contributed by atoms with van der Waals surface area (Å²) in [7, 11) is 0. The maximum Gasteiger partial charge on any atom is 0.326 e. The Morgan fingerprint density at radius 2 is 2.45 bits per heavy atom. The zero-order valence-corrected chi connectivity index (χ0v) is 6.41. The molecule has 1 aliphatic rings. The van der Waals surface area contributed by atoms with Crippen LogP contribution in [0.15, 0.2) is 0 Å². The van der Waals surface area contributed by atoms with Crippen LogP contribution >= 0.6 is 0 Å². The largest absolute Gasteiger partial charge is 0.480 e. The fourth-order valence-corrected chi connectivity index (χ4v) is 1.20. The van der Waals surface area contributed by atoms with Gasteiger partial charge in [0.25, 0.3) is 0 Å². The minimum absolute atomic E-state index is 0.0424. The molecule has 0 unspecified atom stereocenters. The van der Waals surface area contributed by atoms with Crippen LogP contribution in [0.4, 0.5) is 0 Å². The predicted molar refractivity (Wildman–Crippen MR) is 38.0 cm³/mol. The second-order valence-electron chi connectivity index (χ2n) is 2.65. The van der Waals surface area contributed by atoms with Gasteiger partial charge in [-0.3, -0.25) is 4.79 Å². The van der Waals surface area contributed by atoms with Crippen molar-refractivity contribution >= 4 is 11.9 Å². The van der Waals surface area contributed by atoms with E-state index in [2.05, 4.69) is 0 Å². The number of carbonyl (C=O) groups excluding carboxylic acids is 1. The fourth-order valence-electron chi connectivity index (χ4n) is 1.20. The number of nitrogens with zero attached hydrogens (tertiary/aromatic N) is 1. The molecule has 1 N–H and O–H groups in total. The maximum absolute atomic E-state index is 10.8. The first kappa shape index (κ1) is 8.04. The molecule has 0 aliphatic carbocycles. The Labute approximate surface area is 64.8 Å². The van der Waals surface area contributed by atoms with Crippen LogP contribution in [0.5, 0.6) is 0 Å². The van der Waals surface area contributed by atoms with E-state index in [9.17, 15) is 9.59 Å². The van der Waals surface area contributed by atoms with Gasteiger partial charge in [-0.1, -0.05) is 6.92 Å². The topological polar surface area (TPSA) is 57.6 Å². The molecule has 62 valence electrons. The normalized spacial score (nSPS) is 23.2. The minimum atomic E-state index is -0.891. The average Bonchev–Trinajstić information content (AvgIpc) is 1.95. The summed E-state index contributed by atoms with van der Waals surface area (Å²) in [4.78, 5) is 22.6. The fraction of sp³-hybridized carbons (Fsp3) is 0.714. The molecule has 0 saturated carbocycles. The van der Waals surface area contributed by atoms with Gasteiger partial charge in [-0.15, -0.1) is 0 Å². The smallest absolute Gasteiger partial charge is 0.326 e. The highest BCUT2D eigenvalue weighted by Gasteiger charge is 2.40. The van der Waals surface area contributed by atoms with Crippen molar-refractivity contribution in [2.75, 3.05) is 6.54 Å². The van der Waals surface area contributed by atoms with Crippen LogP contribution < -0.4 is 0 Å². The Morgan fingerprint density at radius 3 is 2.82 bits per heavy atom. The lowest BCUT2D eigenvalue weighted by molar-refractivity contribution is -0.162. The molecule has 1 atom stereocenters. The number of hydrogen-bond donors (Lipinski definition) is 1. The molecule has 1 amide bonds. The number of rotatable bonds is 3. The summed E-state index contributed by atoms with van der Waals surface area (Å²) < 4.78 is 0. The van der Waals surface area contributed by atoms with Gasteiger partial charge in [-0.05, 0) is 6.42 Å². The van der Waals surface area contributed by atoms with E-state index in [0.29, 0.717) is 6.54 Å². The van der Waals surface area contributed by atoms with E-state index in [1.807, 2.05) is 6.92 Å². The molecule has 4 nitrogen and oxygen atoms in total. The molecule has 1 saturated heterocycles. The van der Waals surface area contributed by atoms with E-state index in [0.717, 1.165) is 6.42 Å². The number of aliphatic carboxylic acids is 1. The number of hydrogen-bond acceptors (Lipinski definition) is 2. The summed E-state index contributed by atoms with van der Waals surface area (Å²) in [6.07, 6.45) is 0.991. The van der Waals surface area contributed by atoms with Crippen LogP contribution in [0.3, 0.4) is 0 Å². The highest BCUT2D eigenvalue weighted by Crippen LogP contribution is 2.18. The van der Waals surface area contributed by atoms with Gasteiger partial charge in [0.05, 0.1) is 6.42 Å². The zero-order chi connectivity index (χ0) is 8.43. The number of carbonyl (C=O) groups is 2. The molecule has 1 fully saturated rings. The van der Waals surface area contributed by atoms with Gasteiger partial charge in [0.2, 0.25) is 5.91 Å².